The number of aryl methyl sites for hydroxylation is 1. The Kier molecular flexibility index (Phi) is 4.85. The molecule has 98 valence electrons. The van der Waals surface area contributed by atoms with Gasteiger partial charge in [-0.3, -0.25) is 9.59 Å². The first kappa shape index (κ1) is 14.2. The number of hydrogen-bond acceptors (Lipinski definition) is 4. The van der Waals surface area contributed by atoms with Crippen LogP contribution in [-0.4, -0.2) is 35.3 Å². The molecule has 18 heavy (non-hydrogen) atoms. The Labute approximate surface area is 110 Å². The number of nitrogens with zero attached hydrogens (tertiary/aromatic N) is 1. The van der Waals surface area contributed by atoms with E-state index in [9.17, 15) is 9.59 Å². The molecule has 1 heterocycles. The number of carbonyl (C=O) groups is 2. The number of furan rings is 1. The van der Waals surface area contributed by atoms with Crippen LogP contribution in [0.4, 0.5) is 0 Å². The number of carbonyl (C=O) groups excluding carboxylic acids is 2. The number of thiocarbonyl (C=S) groups is 1. The van der Waals surface area contributed by atoms with Crippen molar-refractivity contribution in [3.05, 3.63) is 23.7 Å². The highest BCUT2D eigenvalue weighted by Gasteiger charge is 2.19. The molecule has 1 aromatic rings. The molecular weight excluding hydrogens is 254 g/mol. The third-order valence-electron chi connectivity index (χ3n) is 2.34. The van der Waals surface area contributed by atoms with Gasteiger partial charge in [-0.2, -0.15) is 0 Å². The summed E-state index contributed by atoms with van der Waals surface area (Å²) in [4.78, 5) is 24.6. The fraction of sp³-hybridized carbons (Fsp3) is 0.364. The summed E-state index contributed by atoms with van der Waals surface area (Å²) in [5, 5.41) is 2.34. The van der Waals surface area contributed by atoms with Gasteiger partial charge in [0.25, 0.3) is 0 Å². The first-order valence-corrected chi connectivity index (χ1v) is 5.67. The van der Waals surface area contributed by atoms with Gasteiger partial charge in [0.15, 0.2) is 0 Å². The maximum Gasteiger partial charge on any atom is 0.311 e. The van der Waals surface area contributed by atoms with Gasteiger partial charge < -0.3 is 20.4 Å². The molecular formula is C11H15N3O3S. The van der Waals surface area contributed by atoms with E-state index in [2.05, 4.69) is 17.5 Å². The second kappa shape index (κ2) is 6.15. The van der Waals surface area contributed by atoms with Crippen molar-refractivity contribution in [1.29, 1.82) is 0 Å². The van der Waals surface area contributed by atoms with E-state index in [4.69, 9.17) is 10.2 Å². The molecule has 0 aliphatic carbocycles. The molecule has 3 N–H and O–H groups in total. The van der Waals surface area contributed by atoms with E-state index in [1.54, 1.807) is 13.0 Å². The van der Waals surface area contributed by atoms with Gasteiger partial charge >= 0.3 is 11.8 Å². The molecule has 0 saturated carbocycles. The van der Waals surface area contributed by atoms with Gasteiger partial charge in [-0.15, -0.1) is 0 Å². The standard InChI is InChI=1S/C11H15N3O3S/c1-7-8(3-4-17-7)6-14(2)11(16)10(15)13-5-9(12)18/h3-4H,5-6H2,1-2H3,(H2,12,18)(H,13,15). The number of rotatable bonds is 4. The lowest BCUT2D eigenvalue weighted by Crippen LogP contribution is -2.43. The second-order valence-electron chi connectivity index (χ2n) is 3.81. The molecule has 0 fully saturated rings. The molecule has 6 nitrogen and oxygen atoms in total. The van der Waals surface area contributed by atoms with Gasteiger partial charge in [0.2, 0.25) is 0 Å². The van der Waals surface area contributed by atoms with Crippen LogP contribution in [0.2, 0.25) is 0 Å². The number of nitrogens with one attached hydrogen (secondary N) is 1. The largest absolute Gasteiger partial charge is 0.469 e. The van der Waals surface area contributed by atoms with Crippen LogP contribution >= 0.6 is 12.2 Å². The zero-order valence-corrected chi connectivity index (χ0v) is 11.0. The van der Waals surface area contributed by atoms with Crippen molar-refractivity contribution in [3.63, 3.8) is 0 Å². The number of nitrogens with two attached hydrogens (primary N) is 1. The summed E-state index contributed by atoms with van der Waals surface area (Å²) in [5.41, 5.74) is 6.08. The number of likely N-dealkylation sites (N-methyl/N-ethyl adjacent to an activating group) is 1. The van der Waals surface area contributed by atoms with Crippen molar-refractivity contribution >= 4 is 29.0 Å². The van der Waals surface area contributed by atoms with Crippen LogP contribution in [0.1, 0.15) is 11.3 Å². The van der Waals surface area contributed by atoms with E-state index in [1.165, 1.54) is 18.2 Å². The van der Waals surface area contributed by atoms with Crippen molar-refractivity contribution in [2.45, 2.75) is 13.5 Å². The highest BCUT2D eigenvalue weighted by molar-refractivity contribution is 7.80. The maximum atomic E-state index is 11.7. The van der Waals surface area contributed by atoms with E-state index >= 15 is 0 Å². The Morgan fingerprint density at radius 2 is 2.22 bits per heavy atom. The van der Waals surface area contributed by atoms with Gasteiger partial charge in [-0.25, -0.2) is 0 Å². The van der Waals surface area contributed by atoms with Crippen molar-refractivity contribution < 1.29 is 14.0 Å². The Balaban J connectivity index is 2.53. The minimum Gasteiger partial charge on any atom is -0.469 e. The molecule has 0 bridgehead atoms. The lowest BCUT2D eigenvalue weighted by atomic mass is 10.2. The highest BCUT2D eigenvalue weighted by atomic mass is 32.1. The average molecular weight is 269 g/mol. The van der Waals surface area contributed by atoms with Crippen molar-refractivity contribution in [1.82, 2.24) is 10.2 Å². The Morgan fingerprint density at radius 1 is 1.56 bits per heavy atom. The average Bonchev–Trinajstić information content (AvgIpc) is 2.70. The Hall–Kier alpha value is -1.89. The summed E-state index contributed by atoms with van der Waals surface area (Å²) in [6.45, 7) is 2.11. The predicted octanol–water partition coefficient (Wildman–Crippen LogP) is -0.0513. The molecule has 0 saturated heterocycles. The summed E-state index contributed by atoms with van der Waals surface area (Å²) in [6, 6.07) is 1.76. The van der Waals surface area contributed by atoms with E-state index in [0.29, 0.717) is 6.54 Å². The summed E-state index contributed by atoms with van der Waals surface area (Å²) < 4.78 is 5.11. The quantitative estimate of drug-likeness (QED) is 0.591. The molecule has 0 atom stereocenters. The van der Waals surface area contributed by atoms with Crippen LogP contribution < -0.4 is 11.1 Å². The summed E-state index contributed by atoms with van der Waals surface area (Å²) in [5.74, 6) is -0.656. The molecule has 0 unspecified atom stereocenters. The van der Waals surface area contributed by atoms with Crippen LogP contribution in [-0.2, 0) is 16.1 Å². The fourth-order valence-corrected chi connectivity index (χ4v) is 1.39. The molecule has 0 aromatic carbocycles. The molecule has 0 radical (unpaired) electrons. The lowest BCUT2D eigenvalue weighted by molar-refractivity contribution is -0.145. The van der Waals surface area contributed by atoms with Crippen LogP contribution in [0.25, 0.3) is 0 Å². The van der Waals surface area contributed by atoms with Crippen LogP contribution in [0, 0.1) is 6.92 Å². The van der Waals surface area contributed by atoms with Crippen LogP contribution in [0.15, 0.2) is 16.7 Å². The predicted molar refractivity (Wildman–Crippen MR) is 69.7 cm³/mol. The summed E-state index contributed by atoms with van der Waals surface area (Å²) in [7, 11) is 1.54. The third-order valence-corrected chi connectivity index (χ3v) is 2.48. The zero-order chi connectivity index (χ0) is 13.7. The molecule has 0 aliphatic heterocycles. The lowest BCUT2D eigenvalue weighted by Gasteiger charge is -2.16. The Morgan fingerprint density at radius 3 is 2.72 bits per heavy atom. The van der Waals surface area contributed by atoms with Gasteiger partial charge in [-0.1, -0.05) is 12.2 Å². The highest BCUT2D eigenvalue weighted by Crippen LogP contribution is 2.10. The smallest absolute Gasteiger partial charge is 0.311 e. The maximum absolute atomic E-state index is 11.7. The molecule has 0 spiro atoms. The normalized spacial score (nSPS) is 9.89. The number of hydrogen-bond donors (Lipinski definition) is 2. The van der Waals surface area contributed by atoms with Crippen molar-refractivity contribution in [3.8, 4) is 0 Å². The third kappa shape index (κ3) is 3.85. The molecule has 1 aromatic heterocycles. The first-order valence-electron chi connectivity index (χ1n) is 5.26. The van der Waals surface area contributed by atoms with E-state index in [1.807, 2.05) is 0 Å². The van der Waals surface area contributed by atoms with E-state index in [-0.39, 0.29) is 11.5 Å². The molecule has 2 amide bonds. The van der Waals surface area contributed by atoms with E-state index in [0.717, 1.165) is 11.3 Å². The minimum atomic E-state index is -0.730. The molecule has 1 rings (SSSR count). The minimum absolute atomic E-state index is 0.0124. The van der Waals surface area contributed by atoms with Gasteiger partial charge in [0.1, 0.15) is 5.76 Å². The zero-order valence-electron chi connectivity index (χ0n) is 10.2. The van der Waals surface area contributed by atoms with Gasteiger partial charge in [0, 0.05) is 19.2 Å². The van der Waals surface area contributed by atoms with Crippen molar-refractivity contribution in [2.75, 3.05) is 13.6 Å². The molecule has 7 heteroatoms. The van der Waals surface area contributed by atoms with E-state index < -0.39 is 11.8 Å². The van der Waals surface area contributed by atoms with Gasteiger partial charge in [0.05, 0.1) is 17.8 Å². The fourth-order valence-electron chi connectivity index (χ4n) is 1.32. The van der Waals surface area contributed by atoms with Crippen LogP contribution in [0.5, 0.6) is 0 Å². The van der Waals surface area contributed by atoms with Gasteiger partial charge in [-0.05, 0) is 13.0 Å². The van der Waals surface area contributed by atoms with Crippen LogP contribution in [0.3, 0.4) is 0 Å². The second-order valence-corrected chi connectivity index (χ2v) is 4.34. The van der Waals surface area contributed by atoms with Crippen molar-refractivity contribution in [2.24, 2.45) is 5.73 Å². The molecule has 0 aliphatic rings. The topological polar surface area (TPSA) is 88.6 Å². The monoisotopic (exact) mass is 269 g/mol. The summed E-state index contributed by atoms with van der Waals surface area (Å²) >= 11 is 4.60. The SMILES string of the molecule is Cc1occc1CN(C)C(=O)C(=O)NCC(N)=S. The first-order chi connectivity index (χ1) is 8.41. The summed E-state index contributed by atoms with van der Waals surface area (Å²) in [6.07, 6.45) is 1.54. The number of amides is 2. The Bertz CT molecular complexity index is 470.